The maximum Gasteiger partial charge on any atom is 0.409 e. The molecule has 2 aliphatic rings. The van der Waals surface area contributed by atoms with Gasteiger partial charge in [-0.3, -0.25) is 0 Å². The maximum atomic E-state index is 11.8. The number of carbonyl (C=O) groups excluding carboxylic acids is 1. The van der Waals surface area contributed by atoms with E-state index in [1.165, 1.54) is 0 Å². The van der Waals surface area contributed by atoms with Crippen LogP contribution < -0.4 is 11.1 Å². The zero-order valence-corrected chi connectivity index (χ0v) is 17.8. The Morgan fingerprint density at radius 2 is 1.83 bits per heavy atom. The van der Waals surface area contributed by atoms with Crippen LogP contribution in [0.25, 0.3) is 0 Å². The average Bonchev–Trinajstić information content (AvgIpc) is 2.78. The molecule has 166 valence electrons. The van der Waals surface area contributed by atoms with Gasteiger partial charge >= 0.3 is 6.09 Å². The van der Waals surface area contributed by atoms with Gasteiger partial charge in [0.1, 0.15) is 0 Å². The van der Waals surface area contributed by atoms with E-state index in [9.17, 15) is 4.79 Å². The highest BCUT2D eigenvalue weighted by Crippen LogP contribution is 2.14. The van der Waals surface area contributed by atoms with E-state index >= 15 is 0 Å². The molecule has 0 aliphatic carbocycles. The Labute approximate surface area is 178 Å². The first-order valence-electron chi connectivity index (χ1n) is 10.9. The van der Waals surface area contributed by atoms with Gasteiger partial charge in [0.05, 0.1) is 25.9 Å². The van der Waals surface area contributed by atoms with Crippen molar-refractivity contribution in [2.75, 3.05) is 32.9 Å². The van der Waals surface area contributed by atoms with E-state index in [4.69, 9.17) is 19.9 Å². The van der Waals surface area contributed by atoms with Crippen molar-refractivity contribution < 1.29 is 19.0 Å². The minimum Gasteiger partial charge on any atom is -0.450 e. The van der Waals surface area contributed by atoms with Crippen LogP contribution in [0, 0.1) is 0 Å². The number of ether oxygens (including phenoxy) is 3. The number of nitrogens with one attached hydrogen (secondary N) is 1. The second-order valence-electron chi connectivity index (χ2n) is 7.75. The summed E-state index contributed by atoms with van der Waals surface area (Å²) in [6.45, 7) is 6.30. The molecule has 1 amide bonds. The Morgan fingerprint density at radius 3 is 2.50 bits per heavy atom. The molecule has 8 heteroatoms. The molecule has 2 fully saturated rings. The lowest BCUT2D eigenvalue weighted by Gasteiger charge is -2.31. The van der Waals surface area contributed by atoms with Crippen LogP contribution in [0.15, 0.2) is 29.3 Å². The van der Waals surface area contributed by atoms with Gasteiger partial charge in [-0.25, -0.2) is 9.79 Å². The summed E-state index contributed by atoms with van der Waals surface area (Å²) in [5.41, 5.74) is 8.32. The quantitative estimate of drug-likeness (QED) is 0.521. The summed E-state index contributed by atoms with van der Waals surface area (Å²) in [6, 6.07) is 8.52. The molecule has 3 N–H and O–H groups in total. The third kappa shape index (κ3) is 7.18. The number of nitrogens with two attached hydrogens (primary N) is 1. The van der Waals surface area contributed by atoms with E-state index in [1.807, 2.05) is 6.92 Å². The van der Waals surface area contributed by atoms with Gasteiger partial charge < -0.3 is 30.2 Å². The van der Waals surface area contributed by atoms with Crippen LogP contribution >= 0.6 is 0 Å². The number of benzene rings is 1. The molecule has 2 heterocycles. The molecule has 2 saturated heterocycles. The largest absolute Gasteiger partial charge is 0.450 e. The molecular weight excluding hydrogens is 384 g/mol. The number of nitrogens with zero attached hydrogens (tertiary/aromatic N) is 2. The fraction of sp³-hybridized carbons (Fsp3) is 0.636. The Hall–Kier alpha value is -2.32. The predicted molar refractivity (Wildman–Crippen MR) is 115 cm³/mol. The van der Waals surface area contributed by atoms with Crippen LogP contribution in [0.5, 0.6) is 0 Å². The first kappa shape index (κ1) is 22.4. The molecule has 0 radical (unpaired) electrons. The van der Waals surface area contributed by atoms with Gasteiger partial charge in [0.25, 0.3) is 0 Å². The second kappa shape index (κ2) is 11.8. The lowest BCUT2D eigenvalue weighted by atomic mass is 10.1. The highest BCUT2D eigenvalue weighted by atomic mass is 16.6. The number of hydrogen-bond donors (Lipinski definition) is 2. The molecule has 30 heavy (non-hydrogen) atoms. The molecule has 8 nitrogen and oxygen atoms in total. The van der Waals surface area contributed by atoms with Crippen molar-refractivity contribution in [3.8, 4) is 0 Å². The van der Waals surface area contributed by atoms with E-state index in [1.54, 1.807) is 4.90 Å². The fourth-order valence-corrected chi connectivity index (χ4v) is 3.65. The van der Waals surface area contributed by atoms with Crippen LogP contribution in [0.3, 0.4) is 0 Å². The molecule has 1 aromatic carbocycles. The number of rotatable bonds is 7. The van der Waals surface area contributed by atoms with Crippen molar-refractivity contribution >= 4 is 12.1 Å². The third-order valence-electron chi connectivity index (χ3n) is 5.48. The first-order chi connectivity index (χ1) is 14.6. The molecule has 3 rings (SSSR count). The summed E-state index contributed by atoms with van der Waals surface area (Å²) in [4.78, 5) is 17.9. The normalized spacial score (nSPS) is 19.0. The SMILES string of the molecule is CCOC(=O)N1CCC(NC(N)=NCc2ccc(COC3CCOCC3)cc2)CC1. The van der Waals surface area contributed by atoms with Crippen LogP contribution in [0.1, 0.15) is 43.7 Å². The standard InChI is InChI=1S/C22H34N4O4/c1-2-29-22(27)26-11-7-19(8-12-26)25-21(23)24-15-17-3-5-18(6-4-17)16-30-20-9-13-28-14-10-20/h3-6,19-20H,2,7-16H2,1H3,(H3,23,24,25). The lowest BCUT2D eigenvalue weighted by molar-refractivity contribution is -0.0390. The van der Waals surface area contributed by atoms with Gasteiger partial charge in [-0.1, -0.05) is 24.3 Å². The van der Waals surface area contributed by atoms with Crippen molar-refractivity contribution in [2.45, 2.75) is 57.9 Å². The lowest BCUT2D eigenvalue weighted by Crippen LogP contribution is -2.48. The van der Waals surface area contributed by atoms with E-state index in [0.717, 1.165) is 50.0 Å². The Bertz CT molecular complexity index is 681. The van der Waals surface area contributed by atoms with Crippen LogP contribution in [-0.4, -0.2) is 62.0 Å². The zero-order valence-electron chi connectivity index (χ0n) is 17.8. The van der Waals surface area contributed by atoms with Crippen molar-refractivity contribution in [3.05, 3.63) is 35.4 Å². The molecule has 0 spiro atoms. The van der Waals surface area contributed by atoms with Crippen LogP contribution in [-0.2, 0) is 27.4 Å². The summed E-state index contributed by atoms with van der Waals surface area (Å²) in [5.74, 6) is 0.441. The molecule has 0 unspecified atom stereocenters. The number of amides is 1. The zero-order chi connectivity index (χ0) is 21.2. The number of likely N-dealkylation sites (tertiary alicyclic amines) is 1. The van der Waals surface area contributed by atoms with E-state index in [-0.39, 0.29) is 12.1 Å². The smallest absolute Gasteiger partial charge is 0.409 e. The Kier molecular flexibility index (Phi) is 8.77. The number of aliphatic imine (C=N–C) groups is 1. The monoisotopic (exact) mass is 418 g/mol. The topological polar surface area (TPSA) is 98.4 Å². The van der Waals surface area contributed by atoms with Gasteiger partial charge in [0, 0.05) is 32.3 Å². The molecule has 2 aliphatic heterocycles. The molecular formula is C22H34N4O4. The first-order valence-corrected chi connectivity index (χ1v) is 10.9. The average molecular weight is 419 g/mol. The minimum atomic E-state index is -0.237. The third-order valence-corrected chi connectivity index (χ3v) is 5.48. The maximum absolute atomic E-state index is 11.8. The molecule has 0 aromatic heterocycles. The van der Waals surface area contributed by atoms with E-state index in [0.29, 0.717) is 44.9 Å². The van der Waals surface area contributed by atoms with Gasteiger partial charge in [0.15, 0.2) is 5.96 Å². The molecule has 0 bridgehead atoms. The highest BCUT2D eigenvalue weighted by molar-refractivity contribution is 5.78. The van der Waals surface area contributed by atoms with Gasteiger partial charge in [-0.2, -0.15) is 0 Å². The summed E-state index contributed by atoms with van der Waals surface area (Å²) < 4.78 is 16.4. The van der Waals surface area contributed by atoms with Crippen molar-refractivity contribution in [1.82, 2.24) is 10.2 Å². The van der Waals surface area contributed by atoms with Crippen LogP contribution in [0.2, 0.25) is 0 Å². The summed E-state index contributed by atoms with van der Waals surface area (Å²) >= 11 is 0. The summed E-state index contributed by atoms with van der Waals surface area (Å²) in [5, 5.41) is 3.27. The van der Waals surface area contributed by atoms with E-state index in [2.05, 4.69) is 34.6 Å². The van der Waals surface area contributed by atoms with Crippen molar-refractivity contribution in [2.24, 2.45) is 10.7 Å². The Balaban J connectivity index is 1.37. The number of piperidine rings is 1. The Morgan fingerprint density at radius 1 is 1.17 bits per heavy atom. The number of carbonyl (C=O) groups is 1. The summed E-state index contributed by atoms with van der Waals surface area (Å²) in [6.07, 6.45) is 3.67. The molecule has 0 atom stereocenters. The minimum absolute atomic E-state index is 0.226. The van der Waals surface area contributed by atoms with Crippen molar-refractivity contribution in [3.63, 3.8) is 0 Å². The number of hydrogen-bond acceptors (Lipinski definition) is 5. The van der Waals surface area contributed by atoms with E-state index < -0.39 is 0 Å². The van der Waals surface area contributed by atoms with Gasteiger partial charge in [-0.05, 0) is 43.7 Å². The highest BCUT2D eigenvalue weighted by Gasteiger charge is 2.23. The summed E-state index contributed by atoms with van der Waals surface area (Å²) in [7, 11) is 0. The molecule has 0 saturated carbocycles. The van der Waals surface area contributed by atoms with Crippen molar-refractivity contribution in [1.29, 1.82) is 0 Å². The van der Waals surface area contributed by atoms with Crippen LogP contribution in [0.4, 0.5) is 4.79 Å². The number of guanidine groups is 1. The van der Waals surface area contributed by atoms with Gasteiger partial charge in [0.2, 0.25) is 0 Å². The predicted octanol–water partition coefficient (Wildman–Crippen LogP) is 2.41. The molecule has 1 aromatic rings. The second-order valence-corrected chi connectivity index (χ2v) is 7.75. The van der Waals surface area contributed by atoms with Gasteiger partial charge in [-0.15, -0.1) is 0 Å². The fourth-order valence-electron chi connectivity index (χ4n) is 3.65.